The van der Waals surface area contributed by atoms with Gasteiger partial charge < -0.3 is 9.62 Å². The molecule has 66 valence electrons. The van der Waals surface area contributed by atoms with Gasteiger partial charge in [0.25, 0.3) is 0 Å². The Morgan fingerprint density at radius 1 is 1.38 bits per heavy atom. The molecule has 0 atom stereocenters. The molecule has 0 aliphatic carbocycles. The summed E-state index contributed by atoms with van der Waals surface area (Å²) < 4.78 is 5.43. The molecular formula is C10H9NO2. The van der Waals surface area contributed by atoms with Gasteiger partial charge in [0.1, 0.15) is 11.3 Å². The molecule has 0 bridgehead atoms. The van der Waals surface area contributed by atoms with E-state index in [4.69, 9.17) is 9.62 Å². The second-order valence-corrected chi connectivity index (χ2v) is 2.83. The van der Waals surface area contributed by atoms with Crippen LogP contribution in [0.15, 0.2) is 39.9 Å². The third-order valence-corrected chi connectivity index (χ3v) is 1.93. The van der Waals surface area contributed by atoms with Gasteiger partial charge in [-0.25, -0.2) is 0 Å². The van der Waals surface area contributed by atoms with E-state index >= 15 is 0 Å². The zero-order valence-electron chi connectivity index (χ0n) is 7.19. The maximum atomic E-state index is 8.54. The molecule has 0 aliphatic heterocycles. The van der Waals surface area contributed by atoms with Crippen LogP contribution in [0.4, 0.5) is 0 Å². The van der Waals surface area contributed by atoms with Crippen molar-refractivity contribution in [2.24, 2.45) is 5.16 Å². The first-order chi connectivity index (χ1) is 6.31. The highest BCUT2D eigenvalue weighted by Crippen LogP contribution is 2.18. The molecule has 0 spiro atoms. The minimum Gasteiger partial charge on any atom is -0.455 e. The van der Waals surface area contributed by atoms with E-state index in [1.165, 1.54) is 0 Å². The van der Waals surface area contributed by atoms with Crippen molar-refractivity contribution in [2.45, 2.75) is 6.92 Å². The number of para-hydroxylation sites is 1. The first-order valence-corrected chi connectivity index (χ1v) is 3.99. The van der Waals surface area contributed by atoms with Gasteiger partial charge in [-0.3, -0.25) is 0 Å². The summed E-state index contributed by atoms with van der Waals surface area (Å²) in [6, 6.07) is 9.52. The van der Waals surface area contributed by atoms with Crippen LogP contribution >= 0.6 is 0 Å². The fourth-order valence-corrected chi connectivity index (χ4v) is 1.21. The number of nitrogens with zero attached hydrogens (tertiary/aromatic N) is 1. The molecule has 2 rings (SSSR count). The Balaban J connectivity index is 2.62. The number of oxime groups is 1. The van der Waals surface area contributed by atoms with Crippen LogP contribution in [0.25, 0.3) is 11.0 Å². The van der Waals surface area contributed by atoms with Crippen LogP contribution in [0.3, 0.4) is 0 Å². The molecule has 1 aromatic heterocycles. The Hall–Kier alpha value is -1.77. The number of benzene rings is 1. The lowest BCUT2D eigenvalue weighted by molar-refractivity contribution is 0.318. The predicted octanol–water partition coefficient (Wildman–Crippen LogP) is 2.63. The minimum atomic E-state index is 0.483. The van der Waals surface area contributed by atoms with Gasteiger partial charge in [-0.2, -0.15) is 0 Å². The maximum absolute atomic E-state index is 8.54. The average molecular weight is 175 g/mol. The first kappa shape index (κ1) is 7.86. The summed E-state index contributed by atoms with van der Waals surface area (Å²) >= 11 is 0. The molecule has 3 nitrogen and oxygen atoms in total. The molecule has 0 fully saturated rings. The summed E-state index contributed by atoms with van der Waals surface area (Å²) in [7, 11) is 0. The molecule has 1 N–H and O–H groups in total. The van der Waals surface area contributed by atoms with E-state index < -0.39 is 0 Å². The van der Waals surface area contributed by atoms with Gasteiger partial charge in [-0.15, -0.1) is 0 Å². The third kappa shape index (κ3) is 1.28. The van der Waals surface area contributed by atoms with E-state index in [0.717, 1.165) is 11.0 Å². The summed E-state index contributed by atoms with van der Waals surface area (Å²) in [5.41, 5.74) is 1.29. The van der Waals surface area contributed by atoms with Crippen molar-refractivity contribution in [2.75, 3.05) is 0 Å². The number of furan rings is 1. The van der Waals surface area contributed by atoms with Crippen LogP contribution in [-0.4, -0.2) is 10.9 Å². The molecule has 0 saturated carbocycles. The molecule has 0 aliphatic rings. The second kappa shape index (κ2) is 2.94. The summed E-state index contributed by atoms with van der Waals surface area (Å²) in [4.78, 5) is 0. The molecule has 0 unspecified atom stereocenters. The number of hydrogen-bond acceptors (Lipinski definition) is 3. The van der Waals surface area contributed by atoms with Crippen LogP contribution in [0.2, 0.25) is 0 Å². The SMILES string of the molecule is C/C(=N/O)c1cc2ccccc2o1. The van der Waals surface area contributed by atoms with Crippen molar-refractivity contribution in [3.63, 3.8) is 0 Å². The molecule has 0 amide bonds. The molecule has 0 radical (unpaired) electrons. The Bertz CT molecular complexity index is 424. The van der Waals surface area contributed by atoms with Gasteiger partial charge >= 0.3 is 0 Å². The van der Waals surface area contributed by atoms with Crippen LogP contribution in [-0.2, 0) is 0 Å². The largest absolute Gasteiger partial charge is 0.455 e. The topological polar surface area (TPSA) is 45.7 Å². The molecule has 1 aromatic carbocycles. The van der Waals surface area contributed by atoms with E-state index in [0.29, 0.717) is 11.5 Å². The number of fused-ring (bicyclic) bond motifs is 1. The molecule has 0 saturated heterocycles. The van der Waals surface area contributed by atoms with E-state index in [1.807, 2.05) is 30.3 Å². The van der Waals surface area contributed by atoms with Crippen molar-refractivity contribution in [3.8, 4) is 0 Å². The summed E-state index contributed by atoms with van der Waals surface area (Å²) in [5, 5.41) is 12.6. The van der Waals surface area contributed by atoms with Gasteiger partial charge in [0.2, 0.25) is 0 Å². The van der Waals surface area contributed by atoms with Crippen molar-refractivity contribution in [1.82, 2.24) is 0 Å². The first-order valence-electron chi connectivity index (χ1n) is 3.99. The number of hydrogen-bond donors (Lipinski definition) is 1. The fourth-order valence-electron chi connectivity index (χ4n) is 1.21. The molecule has 13 heavy (non-hydrogen) atoms. The van der Waals surface area contributed by atoms with E-state index in [-0.39, 0.29) is 0 Å². The Morgan fingerprint density at radius 3 is 2.85 bits per heavy atom. The Kier molecular flexibility index (Phi) is 1.77. The van der Waals surface area contributed by atoms with E-state index in [2.05, 4.69) is 5.16 Å². The van der Waals surface area contributed by atoms with Crippen LogP contribution in [0, 0.1) is 0 Å². The molecular weight excluding hydrogens is 166 g/mol. The van der Waals surface area contributed by atoms with Crippen molar-refractivity contribution in [1.29, 1.82) is 0 Å². The normalized spacial score (nSPS) is 12.2. The monoisotopic (exact) mass is 175 g/mol. The van der Waals surface area contributed by atoms with Crippen LogP contribution < -0.4 is 0 Å². The average Bonchev–Trinajstić information content (AvgIpc) is 2.59. The molecule has 1 heterocycles. The lowest BCUT2D eigenvalue weighted by atomic mass is 10.2. The lowest BCUT2D eigenvalue weighted by Crippen LogP contribution is -1.89. The summed E-state index contributed by atoms with van der Waals surface area (Å²) in [6.07, 6.45) is 0. The third-order valence-electron chi connectivity index (χ3n) is 1.93. The smallest absolute Gasteiger partial charge is 0.152 e. The van der Waals surface area contributed by atoms with Gasteiger partial charge in [0, 0.05) is 5.39 Å². The Labute approximate surface area is 75.3 Å². The minimum absolute atomic E-state index is 0.483. The van der Waals surface area contributed by atoms with Gasteiger partial charge in [-0.05, 0) is 19.1 Å². The Morgan fingerprint density at radius 2 is 2.15 bits per heavy atom. The summed E-state index contributed by atoms with van der Waals surface area (Å²) in [5.74, 6) is 0.601. The standard InChI is InChI=1S/C10H9NO2/c1-7(11-12)10-6-8-4-2-3-5-9(8)13-10/h2-6,12H,1H3/b11-7-. The van der Waals surface area contributed by atoms with E-state index in [1.54, 1.807) is 6.92 Å². The predicted molar refractivity (Wildman–Crippen MR) is 50.2 cm³/mol. The molecule has 3 heteroatoms. The molecule has 2 aromatic rings. The highest BCUT2D eigenvalue weighted by atomic mass is 16.4. The highest BCUT2D eigenvalue weighted by molar-refractivity contribution is 5.99. The van der Waals surface area contributed by atoms with E-state index in [9.17, 15) is 0 Å². The summed E-state index contributed by atoms with van der Waals surface area (Å²) in [6.45, 7) is 1.69. The highest BCUT2D eigenvalue weighted by Gasteiger charge is 2.05. The van der Waals surface area contributed by atoms with Crippen molar-refractivity contribution < 1.29 is 9.62 Å². The number of rotatable bonds is 1. The zero-order chi connectivity index (χ0) is 9.26. The second-order valence-electron chi connectivity index (χ2n) is 2.83. The van der Waals surface area contributed by atoms with Crippen molar-refractivity contribution >= 4 is 16.7 Å². The van der Waals surface area contributed by atoms with Gasteiger partial charge in [-0.1, -0.05) is 23.4 Å². The van der Waals surface area contributed by atoms with Crippen molar-refractivity contribution in [3.05, 3.63) is 36.1 Å². The quantitative estimate of drug-likeness (QED) is 0.411. The van der Waals surface area contributed by atoms with Crippen LogP contribution in [0.5, 0.6) is 0 Å². The zero-order valence-corrected chi connectivity index (χ0v) is 7.19. The van der Waals surface area contributed by atoms with Gasteiger partial charge in [0.15, 0.2) is 5.76 Å². The maximum Gasteiger partial charge on any atom is 0.152 e. The van der Waals surface area contributed by atoms with Crippen LogP contribution in [0.1, 0.15) is 12.7 Å². The fraction of sp³-hybridized carbons (Fsp3) is 0.100. The van der Waals surface area contributed by atoms with Gasteiger partial charge in [0.05, 0.1) is 0 Å². The lowest BCUT2D eigenvalue weighted by Gasteiger charge is -1.88.